The fourth-order valence-corrected chi connectivity index (χ4v) is 2.00. The van der Waals surface area contributed by atoms with Gasteiger partial charge in [0, 0.05) is 12.0 Å². The molecule has 0 aromatic carbocycles. The first-order chi connectivity index (χ1) is 5.73. The normalized spacial score (nSPS) is 16.2. The summed E-state index contributed by atoms with van der Waals surface area (Å²) in [4.78, 5) is 4.06. The van der Waals surface area contributed by atoms with Crippen LogP contribution in [-0.2, 0) is 14.6 Å². The topological polar surface area (TPSA) is 39.2 Å². The SMILES string of the molecule is CCO[C@@](C)(P=O)c1cscn1. The molecule has 12 heavy (non-hydrogen) atoms. The molecule has 66 valence electrons. The van der Waals surface area contributed by atoms with Gasteiger partial charge in [-0.1, -0.05) is 0 Å². The molecule has 0 fully saturated rings. The second kappa shape index (κ2) is 4.08. The van der Waals surface area contributed by atoms with Gasteiger partial charge in [-0.15, -0.1) is 11.3 Å². The van der Waals surface area contributed by atoms with Crippen LogP contribution in [0, 0.1) is 0 Å². The van der Waals surface area contributed by atoms with Crippen molar-refractivity contribution in [3.8, 4) is 0 Å². The summed E-state index contributed by atoms with van der Waals surface area (Å²) in [7, 11) is -0.0493. The van der Waals surface area contributed by atoms with E-state index in [-0.39, 0.29) is 8.46 Å². The van der Waals surface area contributed by atoms with Gasteiger partial charge < -0.3 is 4.74 Å². The molecular formula is C7H10NO2PS. The van der Waals surface area contributed by atoms with Crippen molar-refractivity contribution in [3.63, 3.8) is 0 Å². The third kappa shape index (κ3) is 1.89. The summed E-state index contributed by atoms with van der Waals surface area (Å²) in [6, 6.07) is 0. The third-order valence-corrected chi connectivity index (χ3v) is 2.80. The Balaban J connectivity index is 2.87. The molecule has 0 aliphatic heterocycles. The Morgan fingerprint density at radius 2 is 2.58 bits per heavy atom. The minimum atomic E-state index is -0.769. The van der Waals surface area contributed by atoms with Crippen molar-refractivity contribution in [3.05, 3.63) is 16.6 Å². The van der Waals surface area contributed by atoms with Crippen molar-refractivity contribution in [1.82, 2.24) is 4.98 Å². The summed E-state index contributed by atoms with van der Waals surface area (Å²) in [5.41, 5.74) is 2.43. The highest BCUT2D eigenvalue weighted by Gasteiger charge is 2.29. The summed E-state index contributed by atoms with van der Waals surface area (Å²) in [6.45, 7) is 4.17. The number of hydrogen-bond acceptors (Lipinski definition) is 4. The van der Waals surface area contributed by atoms with Crippen molar-refractivity contribution >= 4 is 19.8 Å². The molecule has 0 saturated carbocycles. The number of rotatable bonds is 4. The Labute approximate surface area is 77.0 Å². The quantitative estimate of drug-likeness (QED) is 0.706. The monoisotopic (exact) mass is 203 g/mol. The Morgan fingerprint density at radius 3 is 3.00 bits per heavy atom. The molecule has 1 atom stereocenters. The Kier molecular flexibility index (Phi) is 3.32. The standard InChI is InChI=1S/C7H10NO2PS/c1-3-10-7(2,11-9)6-4-12-5-8-6/h4-5H,3H2,1-2H3/t7-/m0/s1. The lowest BCUT2D eigenvalue weighted by Crippen LogP contribution is -2.18. The predicted molar refractivity (Wildman–Crippen MR) is 48.7 cm³/mol. The summed E-state index contributed by atoms with van der Waals surface area (Å²) < 4.78 is 16.2. The smallest absolute Gasteiger partial charge is 0.197 e. The second-order valence-corrected chi connectivity index (χ2v) is 4.14. The van der Waals surface area contributed by atoms with Crippen LogP contribution in [0.1, 0.15) is 19.5 Å². The van der Waals surface area contributed by atoms with Crippen LogP contribution in [0.3, 0.4) is 0 Å². The van der Waals surface area contributed by atoms with E-state index in [2.05, 4.69) is 4.98 Å². The van der Waals surface area contributed by atoms with E-state index >= 15 is 0 Å². The lowest BCUT2D eigenvalue weighted by molar-refractivity contribution is 0.0385. The molecule has 0 aliphatic rings. The van der Waals surface area contributed by atoms with Crippen LogP contribution in [0.5, 0.6) is 0 Å². The van der Waals surface area contributed by atoms with Gasteiger partial charge in [-0.2, -0.15) is 0 Å². The van der Waals surface area contributed by atoms with Gasteiger partial charge >= 0.3 is 0 Å². The molecule has 0 saturated heterocycles. The highest BCUT2D eigenvalue weighted by molar-refractivity contribution is 7.25. The fourth-order valence-electron chi connectivity index (χ4n) is 0.870. The summed E-state index contributed by atoms with van der Waals surface area (Å²) in [5, 5.41) is 1.08. The van der Waals surface area contributed by atoms with E-state index < -0.39 is 5.34 Å². The second-order valence-electron chi connectivity index (χ2n) is 2.38. The van der Waals surface area contributed by atoms with Crippen LogP contribution in [0.25, 0.3) is 0 Å². The number of thiazole rings is 1. The molecule has 5 heteroatoms. The van der Waals surface area contributed by atoms with Crippen LogP contribution in [-0.4, -0.2) is 11.6 Å². The van der Waals surface area contributed by atoms with Crippen LogP contribution in [0.2, 0.25) is 0 Å². The molecule has 0 aliphatic carbocycles. The molecule has 3 nitrogen and oxygen atoms in total. The largest absolute Gasteiger partial charge is 0.357 e. The summed E-state index contributed by atoms with van der Waals surface area (Å²) >= 11 is 1.47. The zero-order valence-electron chi connectivity index (χ0n) is 6.98. The minimum Gasteiger partial charge on any atom is -0.357 e. The third-order valence-electron chi connectivity index (χ3n) is 1.51. The van der Waals surface area contributed by atoms with Gasteiger partial charge in [-0.25, -0.2) is 4.98 Å². The van der Waals surface area contributed by atoms with Gasteiger partial charge in [0.2, 0.25) is 0 Å². The molecule has 0 bridgehead atoms. The molecule has 1 aromatic heterocycles. The molecular weight excluding hydrogens is 193 g/mol. The molecule has 1 rings (SSSR count). The molecule has 0 radical (unpaired) electrons. The highest BCUT2D eigenvalue weighted by atomic mass is 32.1. The molecule has 1 aromatic rings. The zero-order chi connectivity index (χ0) is 9.03. The Morgan fingerprint density at radius 1 is 1.83 bits per heavy atom. The maximum atomic E-state index is 10.9. The van der Waals surface area contributed by atoms with E-state index in [1.54, 1.807) is 12.4 Å². The van der Waals surface area contributed by atoms with Crippen molar-refractivity contribution in [2.45, 2.75) is 19.2 Å². The van der Waals surface area contributed by atoms with Gasteiger partial charge in [0.1, 0.15) is 0 Å². The van der Waals surface area contributed by atoms with Gasteiger partial charge in [0.25, 0.3) is 0 Å². The van der Waals surface area contributed by atoms with Crippen molar-refractivity contribution < 1.29 is 9.30 Å². The molecule has 0 unspecified atom stereocenters. The maximum absolute atomic E-state index is 10.9. The lowest BCUT2D eigenvalue weighted by atomic mass is 10.3. The van der Waals surface area contributed by atoms with E-state index in [1.807, 2.05) is 12.3 Å². The fraction of sp³-hybridized carbons (Fsp3) is 0.571. The first-order valence-corrected chi connectivity index (χ1v) is 5.35. The van der Waals surface area contributed by atoms with Gasteiger partial charge in [-0.3, -0.25) is 4.57 Å². The number of aromatic nitrogens is 1. The minimum absolute atomic E-state index is 0.0493. The van der Waals surface area contributed by atoms with E-state index in [0.717, 1.165) is 5.69 Å². The number of ether oxygens (including phenoxy) is 1. The van der Waals surface area contributed by atoms with E-state index in [9.17, 15) is 4.57 Å². The van der Waals surface area contributed by atoms with Gasteiger partial charge in [-0.05, 0) is 13.8 Å². The molecule has 0 N–H and O–H groups in total. The number of hydrogen-bond donors (Lipinski definition) is 0. The first-order valence-electron chi connectivity index (χ1n) is 3.60. The lowest BCUT2D eigenvalue weighted by Gasteiger charge is -2.18. The average Bonchev–Trinajstić information content (AvgIpc) is 2.57. The summed E-state index contributed by atoms with van der Waals surface area (Å²) in [6.07, 6.45) is 0. The summed E-state index contributed by atoms with van der Waals surface area (Å²) in [5.74, 6) is 0. The molecule has 0 spiro atoms. The first kappa shape index (κ1) is 9.78. The Bertz CT molecular complexity index is 252. The zero-order valence-corrected chi connectivity index (χ0v) is 8.69. The van der Waals surface area contributed by atoms with E-state index in [4.69, 9.17) is 4.74 Å². The van der Waals surface area contributed by atoms with Crippen LogP contribution < -0.4 is 0 Å². The Hall–Kier alpha value is -0.310. The number of nitrogens with zero attached hydrogens (tertiary/aromatic N) is 1. The van der Waals surface area contributed by atoms with Crippen LogP contribution >= 0.6 is 19.8 Å². The predicted octanol–water partition coefficient (Wildman–Crippen LogP) is 2.64. The van der Waals surface area contributed by atoms with Crippen molar-refractivity contribution in [1.29, 1.82) is 0 Å². The molecule has 0 amide bonds. The van der Waals surface area contributed by atoms with Crippen LogP contribution in [0.4, 0.5) is 0 Å². The van der Waals surface area contributed by atoms with Gasteiger partial charge in [0.05, 0.1) is 11.2 Å². The van der Waals surface area contributed by atoms with Gasteiger partial charge in [0.15, 0.2) is 13.8 Å². The van der Waals surface area contributed by atoms with E-state index in [0.29, 0.717) is 6.61 Å². The molecule has 1 heterocycles. The maximum Gasteiger partial charge on any atom is 0.197 e. The highest BCUT2D eigenvalue weighted by Crippen LogP contribution is 2.35. The van der Waals surface area contributed by atoms with Crippen molar-refractivity contribution in [2.24, 2.45) is 0 Å². The average molecular weight is 203 g/mol. The van der Waals surface area contributed by atoms with Crippen molar-refractivity contribution in [2.75, 3.05) is 6.61 Å². The van der Waals surface area contributed by atoms with E-state index in [1.165, 1.54) is 11.3 Å². The van der Waals surface area contributed by atoms with Crippen LogP contribution in [0.15, 0.2) is 10.9 Å².